The van der Waals surface area contributed by atoms with Gasteiger partial charge in [-0.25, -0.2) is 4.79 Å². The van der Waals surface area contributed by atoms with Crippen molar-refractivity contribution in [1.29, 1.82) is 0 Å². The zero-order valence-corrected chi connectivity index (χ0v) is 10.9. The first-order valence-corrected chi connectivity index (χ1v) is 7.06. The van der Waals surface area contributed by atoms with E-state index in [4.69, 9.17) is 5.11 Å². The number of thiophene rings is 1. The summed E-state index contributed by atoms with van der Waals surface area (Å²) in [6.07, 6.45) is 3.23. The molecule has 4 nitrogen and oxygen atoms in total. The molecule has 0 spiro atoms. The smallest absolute Gasteiger partial charge is 0.348 e. The number of hydrogen-bond donors (Lipinski definition) is 2. The third kappa shape index (κ3) is 1.92. The molecule has 1 heterocycles. The molecule has 1 aromatic heterocycles. The molecule has 2 N–H and O–H groups in total. The third-order valence-electron chi connectivity index (χ3n) is 4.03. The van der Waals surface area contributed by atoms with Crippen molar-refractivity contribution >= 4 is 28.9 Å². The number of carboxylic acids is 1. The van der Waals surface area contributed by atoms with E-state index in [9.17, 15) is 9.59 Å². The molecule has 2 aliphatic rings. The standard InChI is InChI=1S/C13H15NO3S/c1-6-5-18-11(13(16)17)10(6)14-12(15)9-3-7-2-8(7)4-9/h5,7-9H,2-4H2,1H3,(H,14,15)(H,16,17). The van der Waals surface area contributed by atoms with Crippen LogP contribution in [-0.2, 0) is 4.79 Å². The van der Waals surface area contributed by atoms with Crippen LogP contribution in [-0.4, -0.2) is 17.0 Å². The van der Waals surface area contributed by atoms with Gasteiger partial charge in [0, 0.05) is 5.92 Å². The molecule has 2 saturated carbocycles. The van der Waals surface area contributed by atoms with Crippen molar-refractivity contribution in [1.82, 2.24) is 0 Å². The van der Waals surface area contributed by atoms with Crippen LogP contribution in [0.3, 0.4) is 0 Å². The highest BCUT2D eigenvalue weighted by Crippen LogP contribution is 2.54. The molecule has 0 radical (unpaired) electrons. The van der Waals surface area contributed by atoms with E-state index < -0.39 is 5.97 Å². The van der Waals surface area contributed by atoms with Gasteiger partial charge in [0.15, 0.2) is 0 Å². The van der Waals surface area contributed by atoms with Crippen molar-refractivity contribution in [3.63, 3.8) is 0 Å². The van der Waals surface area contributed by atoms with Gasteiger partial charge in [0.1, 0.15) is 4.88 Å². The van der Waals surface area contributed by atoms with Gasteiger partial charge in [0.2, 0.25) is 5.91 Å². The van der Waals surface area contributed by atoms with Crippen molar-refractivity contribution in [2.24, 2.45) is 17.8 Å². The highest BCUT2D eigenvalue weighted by molar-refractivity contribution is 7.12. The Kier molecular flexibility index (Phi) is 2.66. The molecule has 1 amide bonds. The zero-order valence-electron chi connectivity index (χ0n) is 10.1. The molecule has 2 unspecified atom stereocenters. The molecular weight excluding hydrogens is 250 g/mol. The molecule has 2 atom stereocenters. The molecule has 0 aromatic carbocycles. The Morgan fingerprint density at radius 3 is 2.61 bits per heavy atom. The summed E-state index contributed by atoms with van der Waals surface area (Å²) in [5.74, 6) is 0.602. The number of rotatable bonds is 3. The summed E-state index contributed by atoms with van der Waals surface area (Å²) in [4.78, 5) is 23.4. The Morgan fingerprint density at radius 2 is 2.00 bits per heavy atom. The number of aryl methyl sites for hydroxylation is 1. The molecular formula is C13H15NO3S. The molecule has 2 fully saturated rings. The van der Waals surface area contributed by atoms with E-state index in [1.54, 1.807) is 5.38 Å². The quantitative estimate of drug-likeness (QED) is 0.883. The molecule has 96 valence electrons. The predicted molar refractivity (Wildman–Crippen MR) is 69.0 cm³/mol. The van der Waals surface area contributed by atoms with Crippen LogP contribution in [0.5, 0.6) is 0 Å². The summed E-state index contributed by atoms with van der Waals surface area (Å²) in [7, 11) is 0. The highest BCUT2D eigenvalue weighted by atomic mass is 32.1. The Labute approximate surface area is 109 Å². The average Bonchev–Trinajstić information content (AvgIpc) is 2.76. The second kappa shape index (κ2) is 4.09. The first-order valence-electron chi connectivity index (χ1n) is 6.18. The van der Waals surface area contributed by atoms with Crippen molar-refractivity contribution < 1.29 is 14.7 Å². The van der Waals surface area contributed by atoms with Crippen LogP contribution in [0, 0.1) is 24.7 Å². The summed E-state index contributed by atoms with van der Waals surface area (Å²) in [5.41, 5.74) is 1.31. The van der Waals surface area contributed by atoms with E-state index in [0.717, 1.165) is 41.6 Å². The zero-order chi connectivity index (χ0) is 12.9. The topological polar surface area (TPSA) is 66.4 Å². The summed E-state index contributed by atoms with van der Waals surface area (Å²) in [6.45, 7) is 1.82. The molecule has 5 heteroatoms. The van der Waals surface area contributed by atoms with Gasteiger partial charge in [-0.1, -0.05) is 0 Å². The molecule has 2 aliphatic carbocycles. The van der Waals surface area contributed by atoms with Crippen molar-refractivity contribution in [3.8, 4) is 0 Å². The number of carboxylic acid groups (broad SMARTS) is 1. The maximum Gasteiger partial charge on any atom is 0.348 e. The third-order valence-corrected chi connectivity index (χ3v) is 5.12. The minimum atomic E-state index is -0.974. The van der Waals surface area contributed by atoms with E-state index in [1.807, 2.05) is 6.92 Å². The number of carbonyl (C=O) groups is 2. The van der Waals surface area contributed by atoms with E-state index in [2.05, 4.69) is 5.32 Å². The van der Waals surface area contributed by atoms with Crippen LogP contribution < -0.4 is 5.32 Å². The van der Waals surface area contributed by atoms with Gasteiger partial charge < -0.3 is 10.4 Å². The van der Waals surface area contributed by atoms with Gasteiger partial charge in [-0.2, -0.15) is 0 Å². The fourth-order valence-electron chi connectivity index (χ4n) is 2.91. The molecule has 0 saturated heterocycles. The molecule has 18 heavy (non-hydrogen) atoms. The number of anilines is 1. The van der Waals surface area contributed by atoms with Crippen molar-refractivity contribution in [2.75, 3.05) is 5.32 Å². The van der Waals surface area contributed by atoms with Crippen molar-refractivity contribution in [3.05, 3.63) is 15.8 Å². The molecule has 0 aliphatic heterocycles. The van der Waals surface area contributed by atoms with Gasteiger partial charge in [-0.15, -0.1) is 11.3 Å². The summed E-state index contributed by atoms with van der Waals surface area (Å²) >= 11 is 1.16. The van der Waals surface area contributed by atoms with E-state index in [0.29, 0.717) is 5.69 Å². The number of hydrogen-bond acceptors (Lipinski definition) is 3. The summed E-state index contributed by atoms with van der Waals surface area (Å²) < 4.78 is 0. The number of nitrogens with one attached hydrogen (secondary N) is 1. The maximum absolute atomic E-state index is 12.1. The minimum absolute atomic E-state index is 0.00815. The number of amides is 1. The fourth-order valence-corrected chi connectivity index (χ4v) is 3.75. The van der Waals surface area contributed by atoms with Crippen LogP contribution in [0.25, 0.3) is 0 Å². The van der Waals surface area contributed by atoms with Gasteiger partial charge in [-0.3, -0.25) is 4.79 Å². The second-order valence-electron chi connectivity index (χ2n) is 5.34. The lowest BCUT2D eigenvalue weighted by molar-refractivity contribution is -0.120. The van der Waals surface area contributed by atoms with E-state index in [1.165, 1.54) is 6.42 Å². The first-order chi connectivity index (χ1) is 8.56. The van der Waals surface area contributed by atoms with E-state index >= 15 is 0 Å². The Bertz CT molecular complexity index is 512. The largest absolute Gasteiger partial charge is 0.477 e. The molecule has 0 bridgehead atoms. The monoisotopic (exact) mass is 265 g/mol. The Morgan fingerprint density at radius 1 is 1.33 bits per heavy atom. The highest BCUT2D eigenvalue weighted by Gasteiger charge is 2.48. The van der Waals surface area contributed by atoms with Crippen LogP contribution in [0.15, 0.2) is 5.38 Å². The van der Waals surface area contributed by atoms with E-state index in [-0.39, 0.29) is 16.7 Å². The SMILES string of the molecule is Cc1csc(C(=O)O)c1NC(=O)C1CC2CC2C1. The Balaban J connectivity index is 1.73. The van der Waals surface area contributed by atoms with Crippen LogP contribution in [0.4, 0.5) is 5.69 Å². The van der Waals surface area contributed by atoms with Gasteiger partial charge in [0.25, 0.3) is 0 Å². The number of aromatic carboxylic acids is 1. The normalized spacial score (nSPS) is 28.8. The maximum atomic E-state index is 12.1. The van der Waals surface area contributed by atoms with Crippen LogP contribution in [0.2, 0.25) is 0 Å². The van der Waals surface area contributed by atoms with Crippen LogP contribution in [0.1, 0.15) is 34.5 Å². The first kappa shape index (κ1) is 11.7. The van der Waals surface area contributed by atoms with Crippen LogP contribution >= 0.6 is 11.3 Å². The second-order valence-corrected chi connectivity index (χ2v) is 6.22. The average molecular weight is 265 g/mol. The lowest BCUT2D eigenvalue weighted by atomic mass is 10.0. The van der Waals surface area contributed by atoms with Gasteiger partial charge >= 0.3 is 5.97 Å². The predicted octanol–water partition coefficient (Wildman–Crippen LogP) is 2.74. The fraction of sp³-hybridized carbons (Fsp3) is 0.538. The number of fused-ring (bicyclic) bond motifs is 1. The molecule has 3 rings (SSSR count). The Hall–Kier alpha value is -1.36. The van der Waals surface area contributed by atoms with Gasteiger partial charge in [-0.05, 0) is 49.0 Å². The molecule has 1 aromatic rings. The minimum Gasteiger partial charge on any atom is -0.477 e. The summed E-state index contributed by atoms with van der Waals surface area (Å²) in [6, 6.07) is 0. The summed E-state index contributed by atoms with van der Waals surface area (Å²) in [5, 5.41) is 13.6. The van der Waals surface area contributed by atoms with Crippen molar-refractivity contribution in [2.45, 2.75) is 26.2 Å². The number of carbonyl (C=O) groups excluding carboxylic acids is 1. The lowest BCUT2D eigenvalue weighted by Gasteiger charge is -2.12. The van der Waals surface area contributed by atoms with Gasteiger partial charge in [0.05, 0.1) is 5.69 Å². The lowest BCUT2D eigenvalue weighted by Crippen LogP contribution is -2.22.